The van der Waals surface area contributed by atoms with Crippen molar-refractivity contribution in [3.8, 4) is 0 Å². The van der Waals surface area contributed by atoms with Gasteiger partial charge in [0.15, 0.2) is 6.29 Å². The van der Waals surface area contributed by atoms with Gasteiger partial charge < -0.3 is 4.90 Å². The molecule has 0 unspecified atom stereocenters. The minimum Gasteiger partial charge on any atom is -0.329 e. The average molecular weight is 254 g/mol. The lowest BCUT2D eigenvalue weighted by atomic mass is 10.1. The second kappa shape index (κ2) is 5.22. The molecule has 0 aliphatic rings. The van der Waals surface area contributed by atoms with E-state index >= 15 is 0 Å². The molecule has 3 nitrogen and oxygen atoms in total. The van der Waals surface area contributed by atoms with E-state index < -0.39 is 0 Å². The fourth-order valence-electron chi connectivity index (χ4n) is 2.27. The Kier molecular flexibility index (Phi) is 3.65. The van der Waals surface area contributed by atoms with Crippen molar-refractivity contribution in [1.82, 2.24) is 4.98 Å². The number of aldehydes is 1. The van der Waals surface area contributed by atoms with Crippen LogP contribution in [-0.4, -0.2) is 18.3 Å². The first-order valence-electron chi connectivity index (χ1n) is 6.25. The van der Waals surface area contributed by atoms with E-state index in [9.17, 15) is 4.79 Å². The molecule has 0 saturated carbocycles. The number of pyridine rings is 1. The Morgan fingerprint density at radius 1 is 1.05 bits per heavy atom. The summed E-state index contributed by atoms with van der Waals surface area (Å²) < 4.78 is 0. The zero-order valence-electron chi connectivity index (χ0n) is 11.8. The zero-order chi connectivity index (χ0) is 14.0. The van der Waals surface area contributed by atoms with E-state index in [2.05, 4.69) is 37.0 Å². The molecule has 1 aromatic carbocycles. The first kappa shape index (κ1) is 13.3. The number of carbonyl (C=O) groups is 1. The fourth-order valence-corrected chi connectivity index (χ4v) is 2.27. The van der Waals surface area contributed by atoms with E-state index in [4.69, 9.17) is 0 Å². The highest BCUT2D eigenvalue weighted by Gasteiger charge is 2.10. The molecule has 0 saturated heterocycles. The summed E-state index contributed by atoms with van der Waals surface area (Å²) >= 11 is 0. The van der Waals surface area contributed by atoms with E-state index in [1.165, 1.54) is 11.1 Å². The van der Waals surface area contributed by atoms with Crippen molar-refractivity contribution in [2.75, 3.05) is 11.9 Å². The molecule has 0 aliphatic heterocycles. The fraction of sp³-hybridized carbons (Fsp3) is 0.250. The lowest BCUT2D eigenvalue weighted by Crippen LogP contribution is -2.13. The molecule has 0 atom stereocenters. The summed E-state index contributed by atoms with van der Waals surface area (Å²) in [7, 11) is 1.99. The molecule has 98 valence electrons. The van der Waals surface area contributed by atoms with E-state index in [-0.39, 0.29) is 0 Å². The summed E-state index contributed by atoms with van der Waals surface area (Å²) in [5.41, 5.74) is 5.15. The number of nitrogens with zero attached hydrogens (tertiary/aromatic N) is 2. The predicted octanol–water partition coefficient (Wildman–Crippen LogP) is 3.59. The van der Waals surface area contributed by atoms with Gasteiger partial charge in [0, 0.05) is 24.5 Å². The Balaban J connectivity index is 2.43. The van der Waals surface area contributed by atoms with Crippen molar-refractivity contribution in [1.29, 1.82) is 0 Å². The minimum absolute atomic E-state index is 0.607. The molecule has 19 heavy (non-hydrogen) atoms. The Morgan fingerprint density at radius 2 is 1.68 bits per heavy atom. The lowest BCUT2D eigenvalue weighted by molar-refractivity contribution is 0.112. The third kappa shape index (κ3) is 2.81. The van der Waals surface area contributed by atoms with Gasteiger partial charge >= 0.3 is 0 Å². The molecule has 0 radical (unpaired) electrons. The van der Waals surface area contributed by atoms with E-state index in [0.29, 0.717) is 5.56 Å². The SMILES string of the molecule is Cc1cc(C)cc(N(C)c2ncc(C=O)cc2C)c1. The van der Waals surface area contributed by atoms with E-state index in [0.717, 1.165) is 23.4 Å². The Bertz CT molecular complexity index is 600. The standard InChI is InChI=1S/C16H18N2O/c1-11-5-12(2)7-15(6-11)18(4)16-13(3)8-14(10-19)9-17-16/h5-10H,1-4H3. The quantitative estimate of drug-likeness (QED) is 0.785. The van der Waals surface area contributed by atoms with Crippen LogP contribution in [0.3, 0.4) is 0 Å². The lowest BCUT2D eigenvalue weighted by Gasteiger charge is -2.21. The van der Waals surface area contributed by atoms with Gasteiger partial charge in [0.25, 0.3) is 0 Å². The van der Waals surface area contributed by atoms with E-state index in [1.54, 1.807) is 6.20 Å². The van der Waals surface area contributed by atoms with Crippen LogP contribution in [0.1, 0.15) is 27.0 Å². The molecule has 0 fully saturated rings. The van der Waals surface area contributed by atoms with Crippen LogP contribution in [0, 0.1) is 20.8 Å². The van der Waals surface area contributed by atoms with Gasteiger partial charge in [-0.2, -0.15) is 0 Å². The van der Waals surface area contributed by atoms with Crippen molar-refractivity contribution < 1.29 is 4.79 Å². The smallest absolute Gasteiger partial charge is 0.151 e. The topological polar surface area (TPSA) is 33.2 Å². The van der Waals surface area contributed by atoms with Crippen molar-refractivity contribution in [3.05, 3.63) is 52.7 Å². The van der Waals surface area contributed by atoms with Crippen molar-refractivity contribution in [3.63, 3.8) is 0 Å². The molecule has 2 aromatic rings. The summed E-state index contributed by atoms with van der Waals surface area (Å²) in [5.74, 6) is 0.871. The highest BCUT2D eigenvalue weighted by atomic mass is 16.1. The molecule has 3 heteroatoms. The number of anilines is 2. The zero-order valence-corrected chi connectivity index (χ0v) is 11.8. The number of aryl methyl sites for hydroxylation is 3. The Labute approximate surface area is 113 Å². The van der Waals surface area contributed by atoms with Crippen molar-refractivity contribution >= 4 is 17.8 Å². The van der Waals surface area contributed by atoms with Crippen LogP contribution in [0.2, 0.25) is 0 Å². The van der Waals surface area contributed by atoms with Crippen LogP contribution >= 0.6 is 0 Å². The summed E-state index contributed by atoms with van der Waals surface area (Å²) in [6.07, 6.45) is 2.43. The normalized spacial score (nSPS) is 10.3. The maximum Gasteiger partial charge on any atom is 0.151 e. The second-order valence-corrected chi connectivity index (χ2v) is 4.93. The predicted molar refractivity (Wildman–Crippen MR) is 78.3 cm³/mol. The molecule has 0 N–H and O–H groups in total. The number of hydrogen-bond donors (Lipinski definition) is 0. The molecule has 1 aromatic heterocycles. The highest BCUT2D eigenvalue weighted by molar-refractivity contribution is 5.76. The molecule has 0 spiro atoms. The molecule has 2 rings (SSSR count). The van der Waals surface area contributed by atoms with Gasteiger partial charge in [0.2, 0.25) is 0 Å². The minimum atomic E-state index is 0.607. The Morgan fingerprint density at radius 3 is 2.21 bits per heavy atom. The molecule has 0 amide bonds. The molecular weight excluding hydrogens is 236 g/mol. The Hall–Kier alpha value is -2.16. The van der Waals surface area contributed by atoms with Crippen LogP contribution in [-0.2, 0) is 0 Å². The first-order chi connectivity index (χ1) is 9.01. The monoisotopic (exact) mass is 254 g/mol. The molecule has 0 bridgehead atoms. The maximum atomic E-state index is 10.7. The highest BCUT2D eigenvalue weighted by Crippen LogP contribution is 2.26. The van der Waals surface area contributed by atoms with Crippen molar-refractivity contribution in [2.45, 2.75) is 20.8 Å². The first-order valence-corrected chi connectivity index (χ1v) is 6.25. The number of carbonyl (C=O) groups excluding carboxylic acids is 1. The largest absolute Gasteiger partial charge is 0.329 e. The van der Waals surface area contributed by atoms with Gasteiger partial charge in [-0.15, -0.1) is 0 Å². The molecule has 0 aliphatic carbocycles. The van der Waals surface area contributed by atoms with Crippen molar-refractivity contribution in [2.24, 2.45) is 0 Å². The van der Waals surface area contributed by atoms with Gasteiger partial charge in [-0.3, -0.25) is 4.79 Å². The van der Waals surface area contributed by atoms with Crippen LogP contribution in [0.4, 0.5) is 11.5 Å². The van der Waals surface area contributed by atoms with Gasteiger partial charge in [-0.25, -0.2) is 4.98 Å². The van der Waals surface area contributed by atoms with Gasteiger partial charge in [0.1, 0.15) is 5.82 Å². The van der Waals surface area contributed by atoms with Gasteiger partial charge in [0.05, 0.1) is 0 Å². The summed E-state index contributed by atoms with van der Waals surface area (Å²) in [6.45, 7) is 6.13. The molecule has 1 heterocycles. The number of benzene rings is 1. The summed E-state index contributed by atoms with van der Waals surface area (Å²) in [6, 6.07) is 8.26. The van der Waals surface area contributed by atoms with Gasteiger partial charge in [-0.05, 0) is 55.7 Å². The summed E-state index contributed by atoms with van der Waals surface area (Å²) in [4.78, 5) is 17.2. The van der Waals surface area contributed by atoms with E-state index in [1.807, 2.05) is 24.9 Å². The molecular formula is C16H18N2O. The number of aromatic nitrogens is 1. The third-order valence-corrected chi connectivity index (χ3v) is 3.12. The maximum absolute atomic E-state index is 10.7. The van der Waals surface area contributed by atoms with Crippen LogP contribution in [0.15, 0.2) is 30.5 Å². The second-order valence-electron chi connectivity index (χ2n) is 4.93. The van der Waals surface area contributed by atoms with Crippen LogP contribution in [0.5, 0.6) is 0 Å². The average Bonchev–Trinajstić information content (AvgIpc) is 2.36. The number of rotatable bonds is 3. The van der Waals surface area contributed by atoms with Gasteiger partial charge in [-0.1, -0.05) is 6.07 Å². The van der Waals surface area contributed by atoms with Crippen LogP contribution in [0.25, 0.3) is 0 Å². The third-order valence-electron chi connectivity index (χ3n) is 3.12. The summed E-state index contributed by atoms with van der Waals surface area (Å²) in [5, 5.41) is 0. The number of hydrogen-bond acceptors (Lipinski definition) is 3. The van der Waals surface area contributed by atoms with Crippen LogP contribution < -0.4 is 4.90 Å².